The number of rotatable bonds is 4. The Hall–Kier alpha value is -0.560. The molecule has 0 N–H and O–H groups in total. The van der Waals surface area contributed by atoms with Gasteiger partial charge in [0.25, 0.3) is 0 Å². The molecule has 74 valence electrons. The van der Waals surface area contributed by atoms with Crippen molar-refractivity contribution < 1.29 is 0 Å². The Bertz CT molecular complexity index is 185. The second-order valence-electron chi connectivity index (χ2n) is 4.14. The third kappa shape index (κ3) is 3.77. The Morgan fingerprint density at radius 2 is 2.00 bits per heavy atom. The van der Waals surface area contributed by atoms with Crippen molar-refractivity contribution in [3.05, 3.63) is 24.3 Å². The predicted octanol–water partition coefficient (Wildman–Crippen LogP) is 2.85. The fraction of sp³-hybridized carbons (Fsp3) is 0.667. The van der Waals surface area contributed by atoms with Gasteiger partial charge in [-0.1, -0.05) is 38.2 Å². The summed E-state index contributed by atoms with van der Waals surface area (Å²) in [6.07, 6.45) is 7.16. The van der Waals surface area contributed by atoms with E-state index >= 15 is 0 Å². The molecular weight excluding hydrogens is 158 g/mol. The second kappa shape index (κ2) is 5.23. The van der Waals surface area contributed by atoms with Gasteiger partial charge in [0.05, 0.1) is 0 Å². The van der Waals surface area contributed by atoms with Gasteiger partial charge >= 0.3 is 0 Å². The molecule has 0 aliphatic carbocycles. The van der Waals surface area contributed by atoms with Gasteiger partial charge in [-0.3, -0.25) is 4.90 Å². The highest BCUT2D eigenvalue weighted by Crippen LogP contribution is 2.09. The molecule has 13 heavy (non-hydrogen) atoms. The number of hydrogen-bond acceptors (Lipinski definition) is 1. The van der Waals surface area contributed by atoms with E-state index in [1.54, 1.807) is 0 Å². The maximum Gasteiger partial charge on any atom is 0.0166 e. The molecule has 1 saturated heterocycles. The molecule has 0 aromatic rings. The average molecular weight is 179 g/mol. The lowest BCUT2D eigenvalue weighted by molar-refractivity contribution is 0.377. The summed E-state index contributed by atoms with van der Waals surface area (Å²) in [5, 5.41) is 0. The van der Waals surface area contributed by atoms with Crippen LogP contribution < -0.4 is 0 Å². The van der Waals surface area contributed by atoms with Gasteiger partial charge < -0.3 is 0 Å². The number of nitrogens with zero attached hydrogens (tertiary/aromatic N) is 1. The van der Waals surface area contributed by atoms with E-state index < -0.39 is 0 Å². The quantitative estimate of drug-likeness (QED) is 0.600. The summed E-state index contributed by atoms with van der Waals surface area (Å²) in [6.45, 7) is 12.0. The molecule has 0 bridgehead atoms. The Morgan fingerprint density at radius 3 is 2.54 bits per heavy atom. The van der Waals surface area contributed by atoms with Gasteiger partial charge in [-0.25, -0.2) is 0 Å². The van der Waals surface area contributed by atoms with Gasteiger partial charge in [0.2, 0.25) is 0 Å². The second-order valence-corrected chi connectivity index (χ2v) is 4.14. The van der Waals surface area contributed by atoms with Gasteiger partial charge in [-0.15, -0.1) is 0 Å². The highest BCUT2D eigenvalue weighted by molar-refractivity contribution is 5.16. The molecule has 1 heteroatoms. The minimum Gasteiger partial charge on any atom is -0.300 e. The van der Waals surface area contributed by atoms with Gasteiger partial charge in [-0.2, -0.15) is 0 Å². The first-order valence-electron chi connectivity index (χ1n) is 5.28. The zero-order chi connectivity index (χ0) is 9.68. The lowest BCUT2D eigenvalue weighted by Crippen LogP contribution is -2.18. The topological polar surface area (TPSA) is 3.24 Å². The lowest BCUT2D eigenvalue weighted by Gasteiger charge is -2.11. The first-order chi connectivity index (χ1) is 6.20. The van der Waals surface area contributed by atoms with Crippen molar-refractivity contribution in [3.8, 4) is 0 Å². The van der Waals surface area contributed by atoms with Gasteiger partial charge in [-0.05, 0) is 31.8 Å². The summed E-state index contributed by atoms with van der Waals surface area (Å²) in [7, 11) is 0. The van der Waals surface area contributed by atoms with Crippen LogP contribution in [0, 0.1) is 5.92 Å². The molecule has 0 aromatic heterocycles. The molecule has 0 spiro atoms. The van der Waals surface area contributed by atoms with E-state index in [0.29, 0.717) is 5.92 Å². The average Bonchev–Trinajstić information content (AvgIpc) is 2.56. The molecule has 1 rings (SSSR count). The summed E-state index contributed by atoms with van der Waals surface area (Å²) in [6, 6.07) is 0. The SMILES string of the molecule is C=C(/C=C/CN1CCCC1)C(C)C. The van der Waals surface area contributed by atoms with Crippen LogP contribution in [0.5, 0.6) is 0 Å². The molecule has 0 unspecified atom stereocenters. The van der Waals surface area contributed by atoms with E-state index in [-0.39, 0.29) is 0 Å². The standard InChI is InChI=1S/C12H21N/c1-11(2)12(3)7-6-10-13-8-4-5-9-13/h6-7,11H,3-5,8-10H2,1-2H3/b7-6+. The number of likely N-dealkylation sites (tertiary alicyclic amines) is 1. The predicted molar refractivity (Wildman–Crippen MR) is 58.8 cm³/mol. The zero-order valence-electron chi connectivity index (χ0n) is 8.92. The highest BCUT2D eigenvalue weighted by atomic mass is 15.1. The van der Waals surface area contributed by atoms with Crippen LogP contribution >= 0.6 is 0 Å². The van der Waals surface area contributed by atoms with E-state index in [4.69, 9.17) is 0 Å². The first-order valence-corrected chi connectivity index (χ1v) is 5.28. The minimum atomic E-state index is 0.579. The highest BCUT2D eigenvalue weighted by Gasteiger charge is 2.08. The smallest absolute Gasteiger partial charge is 0.0166 e. The van der Waals surface area contributed by atoms with Gasteiger partial charge in [0.15, 0.2) is 0 Å². The normalized spacial score (nSPS) is 19.0. The fourth-order valence-electron chi connectivity index (χ4n) is 1.51. The third-order valence-corrected chi connectivity index (χ3v) is 2.64. The van der Waals surface area contributed by atoms with Crippen LogP contribution in [0.4, 0.5) is 0 Å². The molecule has 1 nitrogen and oxygen atoms in total. The van der Waals surface area contributed by atoms with Crippen LogP contribution in [0.15, 0.2) is 24.3 Å². The monoisotopic (exact) mass is 179 g/mol. The first kappa shape index (κ1) is 10.5. The third-order valence-electron chi connectivity index (χ3n) is 2.64. The van der Waals surface area contributed by atoms with E-state index in [1.165, 1.54) is 31.5 Å². The Morgan fingerprint density at radius 1 is 1.38 bits per heavy atom. The summed E-state index contributed by atoms with van der Waals surface area (Å²) in [4.78, 5) is 2.49. The Balaban J connectivity index is 2.20. The zero-order valence-corrected chi connectivity index (χ0v) is 8.92. The molecular formula is C12H21N. The Kier molecular flexibility index (Phi) is 4.23. The summed E-state index contributed by atoms with van der Waals surface area (Å²) in [5.74, 6) is 0.579. The summed E-state index contributed by atoms with van der Waals surface area (Å²) >= 11 is 0. The van der Waals surface area contributed by atoms with Crippen molar-refractivity contribution in [2.45, 2.75) is 26.7 Å². The van der Waals surface area contributed by atoms with E-state index in [2.05, 4.69) is 37.5 Å². The minimum absolute atomic E-state index is 0.579. The van der Waals surface area contributed by atoms with E-state index in [1.807, 2.05) is 0 Å². The summed E-state index contributed by atoms with van der Waals surface area (Å²) < 4.78 is 0. The number of hydrogen-bond donors (Lipinski definition) is 0. The molecule has 0 saturated carbocycles. The molecule has 0 radical (unpaired) electrons. The maximum atomic E-state index is 4.01. The van der Waals surface area contributed by atoms with E-state index in [9.17, 15) is 0 Å². The molecule has 0 amide bonds. The fourth-order valence-corrected chi connectivity index (χ4v) is 1.51. The van der Waals surface area contributed by atoms with Crippen LogP contribution in [-0.4, -0.2) is 24.5 Å². The van der Waals surface area contributed by atoms with Crippen molar-refractivity contribution in [2.75, 3.05) is 19.6 Å². The van der Waals surface area contributed by atoms with Gasteiger partial charge in [0, 0.05) is 6.54 Å². The lowest BCUT2D eigenvalue weighted by atomic mass is 10.1. The molecule has 1 aliphatic heterocycles. The molecule has 0 atom stereocenters. The van der Waals surface area contributed by atoms with Crippen molar-refractivity contribution >= 4 is 0 Å². The van der Waals surface area contributed by atoms with Gasteiger partial charge in [0.1, 0.15) is 0 Å². The molecule has 0 aromatic carbocycles. The van der Waals surface area contributed by atoms with Crippen molar-refractivity contribution in [3.63, 3.8) is 0 Å². The maximum absolute atomic E-state index is 4.01. The van der Waals surface area contributed by atoms with Crippen LogP contribution in [0.2, 0.25) is 0 Å². The number of allylic oxidation sites excluding steroid dienone is 2. The largest absolute Gasteiger partial charge is 0.300 e. The van der Waals surface area contributed by atoms with Crippen LogP contribution in [0.3, 0.4) is 0 Å². The van der Waals surface area contributed by atoms with Crippen LogP contribution in [-0.2, 0) is 0 Å². The molecule has 1 aliphatic rings. The van der Waals surface area contributed by atoms with Crippen molar-refractivity contribution in [1.29, 1.82) is 0 Å². The summed E-state index contributed by atoms with van der Waals surface area (Å²) in [5.41, 5.74) is 1.24. The molecule has 1 fully saturated rings. The van der Waals surface area contributed by atoms with Crippen molar-refractivity contribution in [1.82, 2.24) is 4.90 Å². The Labute approximate surface area is 82.1 Å². The van der Waals surface area contributed by atoms with Crippen LogP contribution in [0.1, 0.15) is 26.7 Å². The van der Waals surface area contributed by atoms with E-state index in [0.717, 1.165) is 6.54 Å². The van der Waals surface area contributed by atoms with Crippen LogP contribution in [0.25, 0.3) is 0 Å². The van der Waals surface area contributed by atoms with Crippen molar-refractivity contribution in [2.24, 2.45) is 5.92 Å². The molecule has 1 heterocycles.